The third-order valence-corrected chi connectivity index (χ3v) is 5.82. The number of nitrogens with zero attached hydrogens (tertiary/aromatic N) is 4. The second kappa shape index (κ2) is 7.06. The molecule has 2 aliphatic rings. The summed E-state index contributed by atoms with van der Waals surface area (Å²) in [5.41, 5.74) is 0.396. The second-order valence-electron chi connectivity index (χ2n) is 7.63. The van der Waals surface area contributed by atoms with Gasteiger partial charge in [-0.15, -0.1) is 20.4 Å². The predicted molar refractivity (Wildman–Crippen MR) is 97.1 cm³/mol. The van der Waals surface area contributed by atoms with Crippen molar-refractivity contribution in [3.8, 4) is 34.3 Å². The van der Waals surface area contributed by atoms with Gasteiger partial charge in [-0.3, -0.25) is 0 Å². The first-order valence-electron chi connectivity index (χ1n) is 9.52. The molecule has 7 nitrogen and oxygen atoms in total. The van der Waals surface area contributed by atoms with E-state index in [0.717, 1.165) is 31.7 Å². The zero-order valence-electron chi connectivity index (χ0n) is 15.3. The monoisotopic (exact) mass is 400 g/mol. The van der Waals surface area contributed by atoms with Crippen LogP contribution in [0.5, 0.6) is 11.6 Å². The Morgan fingerprint density at radius 3 is 2.72 bits per heavy atom. The van der Waals surface area contributed by atoms with E-state index in [0.29, 0.717) is 12.3 Å². The Balaban J connectivity index is 1.36. The van der Waals surface area contributed by atoms with Crippen molar-refractivity contribution >= 4 is 0 Å². The van der Waals surface area contributed by atoms with Gasteiger partial charge >= 0.3 is 0 Å². The molecular weight excluding hydrogens is 382 g/mol. The highest BCUT2D eigenvalue weighted by molar-refractivity contribution is 5.71. The second-order valence-corrected chi connectivity index (χ2v) is 7.63. The fourth-order valence-electron chi connectivity index (χ4n) is 4.40. The molecular formula is C20H18F2N4O3. The summed E-state index contributed by atoms with van der Waals surface area (Å²) < 4.78 is 39.7. The topological polar surface area (TPSA) is 94.2 Å². The average Bonchev–Trinajstić information content (AvgIpc) is 3.39. The summed E-state index contributed by atoms with van der Waals surface area (Å²) in [6.45, 7) is 0. The molecule has 5 rings (SSSR count). The lowest BCUT2D eigenvalue weighted by Gasteiger charge is -2.31. The molecule has 4 atom stereocenters. The van der Waals surface area contributed by atoms with E-state index in [1.54, 1.807) is 12.1 Å². The first-order chi connectivity index (χ1) is 14.1. The molecule has 0 saturated heterocycles. The number of hydrogen-bond acceptors (Lipinski definition) is 7. The summed E-state index contributed by atoms with van der Waals surface area (Å²) in [6, 6.07) is 5.41. The van der Waals surface area contributed by atoms with Crippen LogP contribution < -0.4 is 4.74 Å². The average molecular weight is 400 g/mol. The zero-order chi connectivity index (χ0) is 20.0. The molecule has 0 spiro atoms. The highest BCUT2D eigenvalue weighted by Gasteiger charge is 2.43. The molecule has 2 saturated carbocycles. The van der Waals surface area contributed by atoms with E-state index < -0.39 is 18.1 Å². The van der Waals surface area contributed by atoms with Crippen LogP contribution in [0, 0.1) is 17.7 Å². The van der Waals surface area contributed by atoms with Crippen LogP contribution in [-0.4, -0.2) is 37.8 Å². The smallest absolute Gasteiger partial charge is 0.250 e. The number of phenols is 1. The van der Waals surface area contributed by atoms with Gasteiger partial charge in [-0.05, 0) is 55.7 Å². The number of ether oxygens (including phenoxy) is 1. The highest BCUT2D eigenvalue weighted by Crippen LogP contribution is 2.44. The molecule has 2 aromatic heterocycles. The minimum Gasteiger partial charge on any atom is -0.507 e. The number of halogens is 2. The molecule has 9 heteroatoms. The Morgan fingerprint density at radius 2 is 1.97 bits per heavy atom. The number of aromatic hydroxyl groups is 1. The van der Waals surface area contributed by atoms with Crippen molar-refractivity contribution in [2.24, 2.45) is 11.8 Å². The fraction of sp³-hybridized carbons (Fsp3) is 0.400. The van der Waals surface area contributed by atoms with Crippen LogP contribution in [0.2, 0.25) is 0 Å². The Bertz CT molecular complexity index is 1010. The van der Waals surface area contributed by atoms with Crippen molar-refractivity contribution in [3.63, 3.8) is 0 Å². The molecule has 0 radical (unpaired) electrons. The summed E-state index contributed by atoms with van der Waals surface area (Å²) in [5.74, 6) is -0.103. The maximum Gasteiger partial charge on any atom is 0.250 e. The Morgan fingerprint density at radius 1 is 1.07 bits per heavy atom. The number of alkyl halides is 1. The molecule has 0 unspecified atom stereocenters. The highest BCUT2D eigenvalue weighted by atomic mass is 19.1. The largest absolute Gasteiger partial charge is 0.507 e. The molecule has 0 amide bonds. The number of fused-ring (bicyclic) bond motifs is 2. The van der Waals surface area contributed by atoms with E-state index >= 15 is 0 Å². The van der Waals surface area contributed by atoms with Crippen LogP contribution in [0.15, 0.2) is 35.1 Å². The minimum absolute atomic E-state index is 0.0161. The van der Waals surface area contributed by atoms with Crippen LogP contribution in [0.25, 0.3) is 22.7 Å². The predicted octanol–water partition coefficient (Wildman–Crippen LogP) is 3.94. The third kappa shape index (κ3) is 3.30. The molecule has 2 fully saturated rings. The van der Waals surface area contributed by atoms with Crippen molar-refractivity contribution in [2.75, 3.05) is 0 Å². The summed E-state index contributed by atoms with van der Waals surface area (Å²) in [6.07, 6.45) is 3.16. The maximum atomic E-state index is 14.6. The van der Waals surface area contributed by atoms with E-state index in [1.165, 1.54) is 6.07 Å². The standard InChI is InChI=1S/C20H18F2N4O3/c21-14-7-13(16(27)8-12(14)20-26-23-9-28-20)15-3-4-18(25-24-15)29-17-6-10-1-2-11(5-10)19(17)22/h3-4,7-11,17,19,27H,1-2,5-6H2/t10-,11+,17+,19-/m1/s1. The number of rotatable bonds is 4. The van der Waals surface area contributed by atoms with E-state index in [2.05, 4.69) is 20.4 Å². The van der Waals surface area contributed by atoms with Crippen LogP contribution in [0.4, 0.5) is 8.78 Å². The normalized spacial score (nSPS) is 25.9. The van der Waals surface area contributed by atoms with Gasteiger partial charge in [-0.25, -0.2) is 8.78 Å². The van der Waals surface area contributed by atoms with E-state index in [4.69, 9.17) is 9.15 Å². The summed E-state index contributed by atoms with van der Waals surface area (Å²) >= 11 is 0. The molecule has 2 heterocycles. The van der Waals surface area contributed by atoms with Crippen LogP contribution in [0.3, 0.4) is 0 Å². The molecule has 2 aliphatic carbocycles. The first kappa shape index (κ1) is 18.0. The molecule has 3 aromatic rings. The Kier molecular flexibility index (Phi) is 4.37. The van der Waals surface area contributed by atoms with Crippen LogP contribution >= 0.6 is 0 Å². The van der Waals surface area contributed by atoms with Gasteiger partial charge in [0, 0.05) is 11.6 Å². The van der Waals surface area contributed by atoms with Gasteiger partial charge in [0.05, 0.1) is 11.3 Å². The molecule has 2 bridgehead atoms. The van der Waals surface area contributed by atoms with Crippen molar-refractivity contribution in [1.82, 2.24) is 20.4 Å². The molecule has 1 N–H and O–H groups in total. The van der Waals surface area contributed by atoms with Crippen LogP contribution in [-0.2, 0) is 0 Å². The minimum atomic E-state index is -0.995. The fourth-order valence-corrected chi connectivity index (χ4v) is 4.40. The lowest BCUT2D eigenvalue weighted by atomic mass is 9.85. The molecule has 29 heavy (non-hydrogen) atoms. The summed E-state index contributed by atoms with van der Waals surface area (Å²) in [4.78, 5) is 0. The van der Waals surface area contributed by atoms with Gasteiger partial charge < -0.3 is 14.3 Å². The van der Waals surface area contributed by atoms with Gasteiger partial charge in [0.25, 0.3) is 5.89 Å². The quantitative estimate of drug-likeness (QED) is 0.709. The van der Waals surface area contributed by atoms with Crippen molar-refractivity contribution in [1.29, 1.82) is 0 Å². The Hall–Kier alpha value is -3.10. The maximum absolute atomic E-state index is 14.6. The van der Waals surface area contributed by atoms with E-state index in [1.807, 2.05) is 0 Å². The molecule has 1 aromatic carbocycles. The van der Waals surface area contributed by atoms with Crippen molar-refractivity contribution in [2.45, 2.75) is 38.0 Å². The molecule has 0 aliphatic heterocycles. The van der Waals surface area contributed by atoms with Gasteiger partial charge in [0.15, 0.2) is 0 Å². The Labute approximate surface area is 164 Å². The van der Waals surface area contributed by atoms with Gasteiger partial charge in [0.2, 0.25) is 12.3 Å². The number of benzene rings is 1. The zero-order valence-corrected chi connectivity index (χ0v) is 15.3. The summed E-state index contributed by atoms with van der Waals surface area (Å²) in [7, 11) is 0. The van der Waals surface area contributed by atoms with Gasteiger partial charge in [-0.2, -0.15) is 0 Å². The van der Waals surface area contributed by atoms with Gasteiger partial charge in [-0.1, -0.05) is 0 Å². The number of phenolic OH excluding ortho intramolecular Hbond substituents is 1. The van der Waals surface area contributed by atoms with Crippen molar-refractivity contribution < 1.29 is 23.0 Å². The van der Waals surface area contributed by atoms with Crippen LogP contribution in [0.1, 0.15) is 25.7 Å². The SMILES string of the molecule is Oc1cc(-c2nnco2)c(F)cc1-c1ccc(O[C@H]2C[C@@H]3CC[C@@H](C3)[C@H]2F)nn1. The number of hydrogen-bond donors (Lipinski definition) is 1. The first-order valence-corrected chi connectivity index (χ1v) is 9.52. The van der Waals surface area contributed by atoms with Crippen molar-refractivity contribution in [3.05, 3.63) is 36.5 Å². The number of aromatic nitrogens is 4. The third-order valence-electron chi connectivity index (χ3n) is 5.82. The van der Waals surface area contributed by atoms with E-state index in [9.17, 15) is 13.9 Å². The van der Waals surface area contributed by atoms with Gasteiger partial charge in [0.1, 0.15) is 23.8 Å². The summed E-state index contributed by atoms with van der Waals surface area (Å²) in [5, 5.41) is 25.4. The lowest BCUT2D eigenvalue weighted by molar-refractivity contribution is 0.0223. The van der Waals surface area contributed by atoms with E-state index in [-0.39, 0.29) is 40.3 Å². The molecule has 150 valence electrons. The lowest BCUT2D eigenvalue weighted by Crippen LogP contribution is -2.38.